The summed E-state index contributed by atoms with van der Waals surface area (Å²) in [4.78, 5) is 25.7. The fraction of sp³-hybridized carbons (Fsp3) is 0.333. The lowest BCUT2D eigenvalue weighted by Gasteiger charge is -2.35. The smallest absolute Gasteiger partial charge is 0.241 e. The summed E-state index contributed by atoms with van der Waals surface area (Å²) in [6, 6.07) is 12.6. The van der Waals surface area contributed by atoms with Crippen molar-refractivity contribution < 1.29 is 18.0 Å². The number of piperazine rings is 1. The molecule has 0 radical (unpaired) electrons. The summed E-state index contributed by atoms with van der Waals surface area (Å²) in [5.41, 5.74) is 2.88. The average Bonchev–Trinajstić information content (AvgIpc) is 2.70. The van der Waals surface area contributed by atoms with Gasteiger partial charge in [0.25, 0.3) is 0 Å². The Morgan fingerprint density at radius 1 is 1.03 bits per heavy atom. The van der Waals surface area contributed by atoms with Gasteiger partial charge < -0.3 is 15.5 Å². The van der Waals surface area contributed by atoms with Crippen LogP contribution in [0, 0.1) is 6.92 Å². The number of nitrogens with one attached hydrogen (secondary N) is 2. The molecule has 1 heterocycles. The molecule has 0 unspecified atom stereocenters. The number of nitrogens with zero attached hydrogens (tertiary/aromatic N) is 2. The second kappa shape index (κ2) is 9.67. The molecule has 2 aromatic carbocycles. The number of benzene rings is 2. The summed E-state index contributed by atoms with van der Waals surface area (Å²) in [5, 5.41) is 5.35. The predicted octanol–water partition coefficient (Wildman–Crippen LogP) is 2.70. The van der Waals surface area contributed by atoms with Crippen LogP contribution in [-0.4, -0.2) is 56.5 Å². The lowest BCUT2D eigenvalue weighted by molar-refractivity contribution is -0.114. The molecule has 0 aliphatic carbocycles. The minimum atomic E-state index is -3.78. The summed E-state index contributed by atoms with van der Waals surface area (Å²) in [7, 11) is -3.78. The molecule has 0 saturated carbocycles. The molecule has 2 amide bonds. The van der Waals surface area contributed by atoms with Gasteiger partial charge in [0.05, 0.1) is 10.7 Å². The van der Waals surface area contributed by atoms with Gasteiger partial charge in [-0.05, 0) is 42.8 Å². The Kier molecular flexibility index (Phi) is 7.19. The van der Waals surface area contributed by atoms with Crippen LogP contribution < -0.4 is 15.5 Å². The molecule has 1 fully saturated rings. The first-order valence-corrected chi connectivity index (χ1v) is 11.8. The zero-order chi connectivity index (χ0) is 22.6. The maximum Gasteiger partial charge on any atom is 0.241 e. The highest BCUT2D eigenvalue weighted by Gasteiger charge is 2.29. The van der Waals surface area contributed by atoms with Crippen molar-refractivity contribution in [1.82, 2.24) is 4.31 Å². The lowest BCUT2D eigenvalue weighted by atomic mass is 10.2. The van der Waals surface area contributed by atoms with Crippen LogP contribution in [0.5, 0.6) is 0 Å². The Hall–Kier alpha value is -2.62. The number of carbonyl (C=O) groups is 2. The van der Waals surface area contributed by atoms with E-state index in [1.165, 1.54) is 23.4 Å². The number of amides is 2. The number of anilines is 3. The van der Waals surface area contributed by atoms with Crippen LogP contribution in [-0.2, 0) is 19.6 Å². The quantitative estimate of drug-likeness (QED) is 0.684. The second-order valence-electron chi connectivity index (χ2n) is 7.41. The number of hydrogen-bond donors (Lipinski definition) is 2. The van der Waals surface area contributed by atoms with Crippen LogP contribution in [0.2, 0.25) is 5.02 Å². The van der Waals surface area contributed by atoms with E-state index in [1.54, 1.807) is 6.07 Å². The van der Waals surface area contributed by atoms with Gasteiger partial charge in [0.2, 0.25) is 21.8 Å². The van der Waals surface area contributed by atoms with Crippen LogP contribution in [0.1, 0.15) is 12.5 Å². The maximum absolute atomic E-state index is 12.7. The molecule has 2 N–H and O–H groups in total. The van der Waals surface area contributed by atoms with Crippen LogP contribution in [0.4, 0.5) is 17.1 Å². The Labute approximate surface area is 187 Å². The first-order chi connectivity index (χ1) is 14.6. The molecule has 166 valence electrons. The number of hydrogen-bond acceptors (Lipinski definition) is 5. The molecule has 3 rings (SSSR count). The fourth-order valence-corrected chi connectivity index (χ4v) is 4.86. The van der Waals surface area contributed by atoms with E-state index in [2.05, 4.69) is 21.6 Å². The average molecular weight is 465 g/mol. The van der Waals surface area contributed by atoms with Gasteiger partial charge in [-0.1, -0.05) is 23.7 Å². The molecule has 0 spiro atoms. The molecule has 0 aromatic heterocycles. The van der Waals surface area contributed by atoms with Crippen molar-refractivity contribution in [2.45, 2.75) is 13.8 Å². The highest BCUT2D eigenvalue weighted by atomic mass is 35.5. The Bertz CT molecular complexity index is 1080. The van der Waals surface area contributed by atoms with Gasteiger partial charge >= 0.3 is 0 Å². The first kappa shape index (κ1) is 23.1. The van der Waals surface area contributed by atoms with Gasteiger partial charge in [-0.2, -0.15) is 4.31 Å². The standard InChI is InChI=1S/C21H25ClN4O4S/c1-15-4-3-5-18(12-15)25-8-10-26(11-9-25)31(29,30)14-21(28)24-20-13-17(23-16(2)27)6-7-19(20)22/h3-7,12-13H,8-11,14H2,1-2H3,(H,23,27)(H,24,28). The first-order valence-electron chi connectivity index (χ1n) is 9.80. The minimum Gasteiger partial charge on any atom is -0.369 e. The lowest BCUT2D eigenvalue weighted by Crippen LogP contribution is -2.50. The van der Waals surface area contributed by atoms with Crippen LogP contribution in [0.25, 0.3) is 0 Å². The largest absolute Gasteiger partial charge is 0.369 e. The molecular weight excluding hydrogens is 440 g/mol. The number of aryl methyl sites for hydroxylation is 1. The van der Waals surface area contributed by atoms with Crippen molar-refractivity contribution in [2.75, 3.05) is 47.5 Å². The summed E-state index contributed by atoms with van der Waals surface area (Å²) in [6.45, 7) is 5.09. The SMILES string of the molecule is CC(=O)Nc1ccc(Cl)c(NC(=O)CS(=O)(=O)N2CCN(c3cccc(C)c3)CC2)c1. The van der Waals surface area contributed by atoms with E-state index in [0.717, 1.165) is 11.3 Å². The molecule has 31 heavy (non-hydrogen) atoms. The Morgan fingerprint density at radius 2 is 1.74 bits per heavy atom. The van der Waals surface area contributed by atoms with E-state index in [9.17, 15) is 18.0 Å². The molecule has 1 aliphatic heterocycles. The van der Waals surface area contributed by atoms with Gasteiger partial charge in [0.1, 0.15) is 5.75 Å². The Balaban J connectivity index is 1.60. The number of halogens is 1. The Morgan fingerprint density at radius 3 is 2.39 bits per heavy atom. The van der Waals surface area contributed by atoms with E-state index in [0.29, 0.717) is 31.9 Å². The van der Waals surface area contributed by atoms with Crippen LogP contribution in [0.15, 0.2) is 42.5 Å². The maximum atomic E-state index is 12.7. The van der Waals surface area contributed by atoms with Gasteiger partial charge in [-0.15, -0.1) is 0 Å². The van der Waals surface area contributed by atoms with E-state index in [-0.39, 0.29) is 16.6 Å². The summed E-state index contributed by atoms with van der Waals surface area (Å²) in [5.74, 6) is -1.65. The third-order valence-electron chi connectivity index (χ3n) is 4.87. The molecule has 1 aliphatic rings. The normalized spacial score (nSPS) is 14.9. The van der Waals surface area contributed by atoms with E-state index < -0.39 is 21.7 Å². The second-order valence-corrected chi connectivity index (χ2v) is 9.78. The molecule has 10 heteroatoms. The zero-order valence-electron chi connectivity index (χ0n) is 17.4. The highest BCUT2D eigenvalue weighted by Crippen LogP contribution is 2.26. The monoisotopic (exact) mass is 464 g/mol. The van der Waals surface area contributed by atoms with Crippen molar-refractivity contribution in [1.29, 1.82) is 0 Å². The number of rotatable bonds is 6. The molecule has 8 nitrogen and oxygen atoms in total. The zero-order valence-corrected chi connectivity index (χ0v) is 19.0. The summed E-state index contributed by atoms with van der Waals surface area (Å²) in [6.07, 6.45) is 0. The third kappa shape index (κ3) is 6.19. The predicted molar refractivity (Wildman–Crippen MR) is 123 cm³/mol. The van der Waals surface area contributed by atoms with Gasteiger partial charge in [-0.3, -0.25) is 9.59 Å². The van der Waals surface area contributed by atoms with Crippen LogP contribution >= 0.6 is 11.6 Å². The van der Waals surface area contributed by atoms with Gasteiger partial charge in [0.15, 0.2) is 0 Å². The molecule has 1 saturated heterocycles. The van der Waals surface area contributed by atoms with E-state index >= 15 is 0 Å². The highest BCUT2D eigenvalue weighted by molar-refractivity contribution is 7.89. The van der Waals surface area contributed by atoms with E-state index in [4.69, 9.17) is 11.6 Å². The minimum absolute atomic E-state index is 0.234. The van der Waals surface area contributed by atoms with Gasteiger partial charge in [0, 0.05) is 44.5 Å². The van der Waals surface area contributed by atoms with Crippen molar-refractivity contribution >= 4 is 50.5 Å². The van der Waals surface area contributed by atoms with E-state index in [1.807, 2.05) is 25.1 Å². The van der Waals surface area contributed by atoms with Crippen molar-refractivity contribution in [3.8, 4) is 0 Å². The number of carbonyl (C=O) groups excluding carboxylic acids is 2. The van der Waals surface area contributed by atoms with Crippen molar-refractivity contribution in [3.63, 3.8) is 0 Å². The fourth-order valence-electron chi connectivity index (χ4n) is 3.39. The van der Waals surface area contributed by atoms with Crippen LogP contribution in [0.3, 0.4) is 0 Å². The number of sulfonamides is 1. The van der Waals surface area contributed by atoms with Gasteiger partial charge in [-0.25, -0.2) is 8.42 Å². The molecule has 2 aromatic rings. The molecule has 0 bridgehead atoms. The molecular formula is C21H25ClN4O4S. The summed E-state index contributed by atoms with van der Waals surface area (Å²) < 4.78 is 26.8. The third-order valence-corrected chi connectivity index (χ3v) is 6.98. The molecule has 0 atom stereocenters. The summed E-state index contributed by atoms with van der Waals surface area (Å²) >= 11 is 6.09. The topological polar surface area (TPSA) is 98.8 Å². The van der Waals surface area contributed by atoms with Crippen molar-refractivity contribution in [2.24, 2.45) is 0 Å². The van der Waals surface area contributed by atoms with Crippen molar-refractivity contribution in [3.05, 3.63) is 53.1 Å².